The van der Waals surface area contributed by atoms with Crippen molar-refractivity contribution in [1.29, 1.82) is 0 Å². The van der Waals surface area contributed by atoms with Crippen LogP contribution in [0, 0.1) is 0 Å². The molecule has 1 aliphatic rings. The lowest BCUT2D eigenvalue weighted by Crippen LogP contribution is -2.49. The summed E-state index contributed by atoms with van der Waals surface area (Å²) in [5, 5.41) is 4.13. The van der Waals surface area contributed by atoms with Crippen molar-refractivity contribution in [2.45, 2.75) is 6.04 Å². The van der Waals surface area contributed by atoms with E-state index in [0.717, 1.165) is 23.0 Å². The van der Waals surface area contributed by atoms with Crippen LogP contribution in [0.25, 0.3) is 10.9 Å². The minimum atomic E-state index is -0.180. The molecule has 26 heavy (non-hydrogen) atoms. The molecular formula is C20H20N4O2. The van der Waals surface area contributed by atoms with Crippen LogP contribution in [-0.4, -0.2) is 40.0 Å². The summed E-state index contributed by atoms with van der Waals surface area (Å²) in [5.74, 6) is -0.116. The molecule has 0 spiro atoms. The van der Waals surface area contributed by atoms with E-state index in [1.54, 1.807) is 24.0 Å². The van der Waals surface area contributed by atoms with Crippen LogP contribution in [0.2, 0.25) is 0 Å². The second kappa shape index (κ2) is 6.72. The molecule has 1 aromatic carbocycles. The standard InChI is InChI=1S/C20H20N4O2/c1-23-17-7-3-2-6-15(17)16(11-19(23)25)20(26)24-10-9-22-13-18(24)14-5-4-8-21-12-14/h2-8,11-12,18,22H,9-10,13H2,1H3. The minimum Gasteiger partial charge on any atom is -0.329 e. The van der Waals surface area contributed by atoms with Crippen LogP contribution < -0.4 is 10.9 Å². The molecule has 1 amide bonds. The van der Waals surface area contributed by atoms with Crippen LogP contribution in [0.4, 0.5) is 0 Å². The Morgan fingerprint density at radius 2 is 2.08 bits per heavy atom. The van der Waals surface area contributed by atoms with Crippen LogP contribution >= 0.6 is 0 Å². The number of benzene rings is 1. The van der Waals surface area contributed by atoms with Crippen LogP contribution in [0.5, 0.6) is 0 Å². The van der Waals surface area contributed by atoms with Crippen molar-refractivity contribution in [3.05, 3.63) is 76.3 Å². The maximum Gasteiger partial charge on any atom is 0.255 e. The lowest BCUT2D eigenvalue weighted by atomic mass is 10.0. The average Bonchev–Trinajstić information content (AvgIpc) is 2.71. The van der Waals surface area contributed by atoms with Crippen molar-refractivity contribution < 1.29 is 4.79 Å². The lowest BCUT2D eigenvalue weighted by Gasteiger charge is -2.36. The predicted molar refractivity (Wildman–Crippen MR) is 100 cm³/mol. The molecule has 0 bridgehead atoms. The number of hydrogen-bond acceptors (Lipinski definition) is 4. The van der Waals surface area contributed by atoms with E-state index in [2.05, 4.69) is 10.3 Å². The summed E-state index contributed by atoms with van der Waals surface area (Å²) in [5.41, 5.74) is 2.03. The van der Waals surface area contributed by atoms with Gasteiger partial charge in [-0.05, 0) is 17.7 Å². The maximum absolute atomic E-state index is 13.4. The van der Waals surface area contributed by atoms with Gasteiger partial charge in [-0.15, -0.1) is 0 Å². The zero-order valence-electron chi connectivity index (χ0n) is 14.6. The number of nitrogens with zero attached hydrogens (tertiary/aromatic N) is 3. The zero-order chi connectivity index (χ0) is 18.1. The van der Waals surface area contributed by atoms with Gasteiger partial charge in [-0.1, -0.05) is 24.3 Å². The van der Waals surface area contributed by atoms with Gasteiger partial charge in [-0.25, -0.2) is 0 Å². The van der Waals surface area contributed by atoms with Crippen molar-refractivity contribution in [3.63, 3.8) is 0 Å². The third kappa shape index (κ3) is 2.78. The van der Waals surface area contributed by atoms with E-state index < -0.39 is 0 Å². The molecule has 2 aromatic heterocycles. The zero-order valence-corrected chi connectivity index (χ0v) is 14.6. The Hall–Kier alpha value is -2.99. The fraction of sp³-hybridized carbons (Fsp3) is 0.250. The Morgan fingerprint density at radius 3 is 2.88 bits per heavy atom. The number of fused-ring (bicyclic) bond motifs is 1. The molecule has 6 nitrogen and oxygen atoms in total. The fourth-order valence-electron chi connectivity index (χ4n) is 3.56. The summed E-state index contributed by atoms with van der Waals surface area (Å²) in [4.78, 5) is 31.8. The molecule has 0 saturated carbocycles. The van der Waals surface area contributed by atoms with E-state index >= 15 is 0 Å². The first-order chi connectivity index (χ1) is 12.7. The summed E-state index contributed by atoms with van der Waals surface area (Å²) in [7, 11) is 1.72. The van der Waals surface area contributed by atoms with Gasteiger partial charge >= 0.3 is 0 Å². The number of carbonyl (C=O) groups excluding carboxylic acids is 1. The number of para-hydroxylation sites is 1. The monoisotopic (exact) mass is 348 g/mol. The first-order valence-corrected chi connectivity index (χ1v) is 8.67. The van der Waals surface area contributed by atoms with Crippen molar-refractivity contribution in [3.8, 4) is 0 Å². The largest absolute Gasteiger partial charge is 0.329 e. The molecule has 1 N–H and O–H groups in total. The second-order valence-corrected chi connectivity index (χ2v) is 6.48. The topological polar surface area (TPSA) is 67.2 Å². The molecule has 6 heteroatoms. The van der Waals surface area contributed by atoms with Gasteiger partial charge < -0.3 is 14.8 Å². The van der Waals surface area contributed by atoms with Gasteiger partial charge in [0.25, 0.3) is 11.5 Å². The Morgan fingerprint density at radius 1 is 1.23 bits per heavy atom. The van der Waals surface area contributed by atoms with E-state index in [4.69, 9.17) is 0 Å². The SMILES string of the molecule is Cn1c(=O)cc(C(=O)N2CCNCC2c2cccnc2)c2ccccc21. The number of aryl methyl sites for hydroxylation is 1. The molecule has 1 saturated heterocycles. The Kier molecular flexibility index (Phi) is 4.26. The Balaban J connectivity index is 1.81. The van der Waals surface area contributed by atoms with Crippen molar-refractivity contribution in [1.82, 2.24) is 19.8 Å². The summed E-state index contributed by atoms with van der Waals surface area (Å²) in [6.45, 7) is 1.98. The van der Waals surface area contributed by atoms with Gasteiger partial charge in [0.1, 0.15) is 0 Å². The molecule has 1 atom stereocenters. The molecule has 0 aliphatic carbocycles. The normalized spacial score (nSPS) is 17.4. The van der Waals surface area contributed by atoms with Crippen LogP contribution in [0.1, 0.15) is 22.0 Å². The molecular weight excluding hydrogens is 328 g/mol. The molecule has 3 aromatic rings. The molecule has 1 fully saturated rings. The van der Waals surface area contributed by atoms with E-state index in [1.165, 1.54) is 6.07 Å². The van der Waals surface area contributed by atoms with Crippen LogP contribution in [0.3, 0.4) is 0 Å². The van der Waals surface area contributed by atoms with E-state index in [1.807, 2.05) is 41.3 Å². The van der Waals surface area contributed by atoms with Crippen molar-refractivity contribution >= 4 is 16.8 Å². The fourth-order valence-corrected chi connectivity index (χ4v) is 3.56. The quantitative estimate of drug-likeness (QED) is 0.766. The average molecular weight is 348 g/mol. The Labute approximate surface area is 151 Å². The maximum atomic E-state index is 13.4. The number of piperazine rings is 1. The highest BCUT2D eigenvalue weighted by Crippen LogP contribution is 2.26. The number of pyridine rings is 2. The molecule has 4 rings (SSSR count). The second-order valence-electron chi connectivity index (χ2n) is 6.48. The summed E-state index contributed by atoms with van der Waals surface area (Å²) >= 11 is 0. The molecule has 1 aliphatic heterocycles. The highest BCUT2D eigenvalue weighted by molar-refractivity contribution is 6.06. The van der Waals surface area contributed by atoms with Crippen molar-refractivity contribution in [2.24, 2.45) is 7.05 Å². The number of rotatable bonds is 2. The van der Waals surface area contributed by atoms with Gasteiger partial charge in [0.2, 0.25) is 0 Å². The van der Waals surface area contributed by atoms with E-state index in [0.29, 0.717) is 18.7 Å². The Bertz CT molecular complexity index is 1010. The molecule has 0 radical (unpaired) electrons. The van der Waals surface area contributed by atoms with Gasteiger partial charge in [-0.2, -0.15) is 0 Å². The molecule has 1 unspecified atom stereocenters. The smallest absolute Gasteiger partial charge is 0.255 e. The number of amides is 1. The minimum absolute atomic E-state index is 0.104. The first kappa shape index (κ1) is 16.5. The van der Waals surface area contributed by atoms with Gasteiger partial charge in [0.15, 0.2) is 0 Å². The van der Waals surface area contributed by atoms with E-state index in [9.17, 15) is 9.59 Å². The lowest BCUT2D eigenvalue weighted by molar-refractivity contribution is 0.0636. The number of hydrogen-bond donors (Lipinski definition) is 1. The third-order valence-corrected chi connectivity index (χ3v) is 4.96. The molecule has 132 valence electrons. The van der Waals surface area contributed by atoms with Crippen LogP contribution in [0.15, 0.2) is 59.7 Å². The summed E-state index contributed by atoms with van der Waals surface area (Å²) in [6.07, 6.45) is 3.51. The number of aromatic nitrogens is 2. The highest BCUT2D eigenvalue weighted by atomic mass is 16.2. The predicted octanol–water partition coefficient (Wildman–Crippen LogP) is 1.72. The van der Waals surface area contributed by atoms with Gasteiger partial charge in [-0.3, -0.25) is 14.6 Å². The molecule has 3 heterocycles. The highest BCUT2D eigenvalue weighted by Gasteiger charge is 2.30. The first-order valence-electron chi connectivity index (χ1n) is 8.67. The summed E-state index contributed by atoms with van der Waals surface area (Å²) in [6, 6.07) is 12.7. The van der Waals surface area contributed by atoms with Gasteiger partial charge in [0.05, 0.1) is 17.1 Å². The third-order valence-electron chi connectivity index (χ3n) is 4.96. The van der Waals surface area contributed by atoms with Crippen LogP contribution in [-0.2, 0) is 7.05 Å². The van der Waals surface area contributed by atoms with E-state index in [-0.39, 0.29) is 17.5 Å². The number of nitrogens with one attached hydrogen (secondary N) is 1. The summed E-state index contributed by atoms with van der Waals surface area (Å²) < 4.78 is 1.57. The van der Waals surface area contributed by atoms with Crippen molar-refractivity contribution in [2.75, 3.05) is 19.6 Å². The number of carbonyl (C=O) groups is 1. The van der Waals surface area contributed by atoms with Gasteiger partial charge in [0, 0.05) is 50.5 Å².